The fraction of sp³-hybridized carbons (Fsp3) is 0.733. The average Bonchev–Trinajstić information content (AvgIpc) is 2.60. The van der Waals surface area contributed by atoms with Crippen LogP contribution < -0.4 is 10.2 Å². The Kier molecular flexibility index (Phi) is 5.66. The van der Waals surface area contributed by atoms with Gasteiger partial charge < -0.3 is 10.2 Å². The normalized spacial score (nSPS) is 18.9. The van der Waals surface area contributed by atoms with Crippen LogP contribution in [0.5, 0.6) is 0 Å². The fourth-order valence-corrected chi connectivity index (χ4v) is 3.37. The molecule has 0 radical (unpaired) electrons. The van der Waals surface area contributed by atoms with E-state index >= 15 is 0 Å². The van der Waals surface area contributed by atoms with Gasteiger partial charge in [-0.1, -0.05) is 20.8 Å². The Hall–Kier alpha value is -0.810. The Bertz CT molecular complexity index is 422. The third-order valence-corrected chi connectivity index (χ3v) is 4.94. The summed E-state index contributed by atoms with van der Waals surface area (Å²) in [7, 11) is 0. The molecule has 0 unspecified atom stereocenters. The van der Waals surface area contributed by atoms with Gasteiger partial charge in [-0.3, -0.25) is 4.98 Å². The highest BCUT2D eigenvalue weighted by atomic mass is 32.2. The van der Waals surface area contributed by atoms with Crippen molar-refractivity contribution in [3.05, 3.63) is 18.1 Å². The Morgan fingerprint density at radius 2 is 2.20 bits per heavy atom. The number of hydrogen-bond donors (Lipinski definition) is 1. The van der Waals surface area contributed by atoms with E-state index in [1.807, 2.05) is 12.4 Å². The molecule has 1 aromatic rings. The van der Waals surface area contributed by atoms with Crippen molar-refractivity contribution in [2.24, 2.45) is 0 Å². The molecule has 0 bridgehead atoms. The van der Waals surface area contributed by atoms with Crippen molar-refractivity contribution in [2.75, 3.05) is 30.3 Å². The van der Waals surface area contributed by atoms with Crippen LogP contribution in [-0.2, 0) is 6.54 Å². The highest BCUT2D eigenvalue weighted by Crippen LogP contribution is 2.31. The predicted octanol–water partition coefficient (Wildman–Crippen LogP) is 2.70. The zero-order chi connectivity index (χ0) is 14.4. The lowest BCUT2D eigenvalue weighted by molar-refractivity contribution is 0.630. The van der Waals surface area contributed by atoms with E-state index in [2.05, 4.69) is 47.7 Å². The lowest BCUT2D eigenvalue weighted by Crippen LogP contribution is -2.28. The maximum Gasteiger partial charge on any atom is 0.147 e. The summed E-state index contributed by atoms with van der Waals surface area (Å²) in [5.41, 5.74) is 1.03. The van der Waals surface area contributed by atoms with Crippen molar-refractivity contribution in [2.45, 2.75) is 44.9 Å². The highest BCUT2D eigenvalue weighted by molar-refractivity contribution is 8.00. The second-order valence-corrected chi connectivity index (χ2v) is 7.69. The van der Waals surface area contributed by atoms with Gasteiger partial charge in [-0.15, -0.1) is 0 Å². The maximum atomic E-state index is 4.75. The molecular weight excluding hydrogens is 268 g/mol. The van der Waals surface area contributed by atoms with E-state index in [-0.39, 0.29) is 0 Å². The van der Waals surface area contributed by atoms with Crippen LogP contribution in [0.25, 0.3) is 0 Å². The smallest absolute Gasteiger partial charge is 0.147 e. The van der Waals surface area contributed by atoms with Gasteiger partial charge in [-0.25, -0.2) is 4.98 Å². The largest absolute Gasteiger partial charge is 0.354 e. The predicted molar refractivity (Wildman–Crippen MR) is 87.4 cm³/mol. The van der Waals surface area contributed by atoms with Crippen LogP contribution in [0.3, 0.4) is 0 Å². The topological polar surface area (TPSA) is 41.1 Å². The van der Waals surface area contributed by atoms with E-state index in [0.717, 1.165) is 49.9 Å². The van der Waals surface area contributed by atoms with Gasteiger partial charge in [-0.05, 0) is 19.4 Å². The molecule has 0 atom stereocenters. The molecule has 4 nitrogen and oxygen atoms in total. The molecule has 1 aromatic heterocycles. The first-order valence-electron chi connectivity index (χ1n) is 7.51. The van der Waals surface area contributed by atoms with Crippen LogP contribution in [-0.4, -0.2) is 40.1 Å². The fourth-order valence-electron chi connectivity index (χ4n) is 2.28. The minimum atomic E-state index is 0.377. The van der Waals surface area contributed by atoms with Gasteiger partial charge in [-0.2, -0.15) is 11.8 Å². The first kappa shape index (κ1) is 15.6. The molecule has 1 aliphatic rings. The van der Waals surface area contributed by atoms with Gasteiger partial charge in [0, 0.05) is 36.3 Å². The molecule has 0 spiro atoms. The molecule has 2 rings (SSSR count). The number of thioether (sulfide) groups is 1. The zero-order valence-electron chi connectivity index (χ0n) is 12.9. The minimum absolute atomic E-state index is 0.377. The van der Waals surface area contributed by atoms with Crippen molar-refractivity contribution < 1.29 is 0 Å². The van der Waals surface area contributed by atoms with Crippen LogP contribution in [0.15, 0.2) is 12.4 Å². The van der Waals surface area contributed by atoms with E-state index in [4.69, 9.17) is 4.98 Å². The molecule has 0 amide bonds. The van der Waals surface area contributed by atoms with Gasteiger partial charge >= 0.3 is 0 Å². The quantitative estimate of drug-likeness (QED) is 0.846. The second-order valence-electron chi connectivity index (χ2n) is 5.89. The van der Waals surface area contributed by atoms with Crippen molar-refractivity contribution >= 4 is 17.6 Å². The third-order valence-electron chi connectivity index (χ3n) is 3.57. The minimum Gasteiger partial charge on any atom is -0.354 e. The summed E-state index contributed by atoms with van der Waals surface area (Å²) in [5, 5.41) is 3.38. The summed E-state index contributed by atoms with van der Waals surface area (Å²) in [6.45, 7) is 10.8. The van der Waals surface area contributed by atoms with Crippen molar-refractivity contribution in [3.63, 3.8) is 0 Å². The number of nitrogens with zero attached hydrogens (tertiary/aromatic N) is 3. The molecule has 5 heteroatoms. The molecular formula is C15H26N4S. The molecule has 0 aliphatic carbocycles. The molecule has 1 fully saturated rings. The van der Waals surface area contributed by atoms with E-state index < -0.39 is 0 Å². The summed E-state index contributed by atoms with van der Waals surface area (Å²) >= 11 is 2.06. The average molecular weight is 294 g/mol. The molecule has 1 saturated heterocycles. The first-order chi connectivity index (χ1) is 9.61. The zero-order valence-corrected chi connectivity index (χ0v) is 13.7. The summed E-state index contributed by atoms with van der Waals surface area (Å²) in [6.07, 6.45) is 6.10. The molecule has 0 saturated carbocycles. The van der Waals surface area contributed by atoms with Crippen molar-refractivity contribution in [1.82, 2.24) is 15.3 Å². The SMILES string of the molecule is CCCNCc1cncc(N2CCSC(C)(C)CC2)n1. The van der Waals surface area contributed by atoms with Gasteiger partial charge in [0.1, 0.15) is 5.82 Å². The Morgan fingerprint density at radius 3 is 3.00 bits per heavy atom. The molecule has 20 heavy (non-hydrogen) atoms. The highest BCUT2D eigenvalue weighted by Gasteiger charge is 2.24. The van der Waals surface area contributed by atoms with Crippen LogP contribution >= 0.6 is 11.8 Å². The van der Waals surface area contributed by atoms with E-state index in [0.29, 0.717) is 4.75 Å². The summed E-state index contributed by atoms with van der Waals surface area (Å²) in [6, 6.07) is 0. The van der Waals surface area contributed by atoms with Gasteiger partial charge in [0.05, 0.1) is 11.9 Å². The number of anilines is 1. The summed E-state index contributed by atoms with van der Waals surface area (Å²) < 4.78 is 0.377. The van der Waals surface area contributed by atoms with Crippen LogP contribution in [0, 0.1) is 0 Å². The van der Waals surface area contributed by atoms with E-state index in [1.165, 1.54) is 6.42 Å². The lowest BCUT2D eigenvalue weighted by Gasteiger charge is -2.23. The van der Waals surface area contributed by atoms with E-state index in [1.54, 1.807) is 0 Å². The second kappa shape index (κ2) is 7.27. The van der Waals surface area contributed by atoms with Crippen molar-refractivity contribution in [3.8, 4) is 0 Å². The molecule has 0 aromatic carbocycles. The van der Waals surface area contributed by atoms with Gasteiger partial charge in [0.25, 0.3) is 0 Å². The molecule has 1 N–H and O–H groups in total. The number of aromatic nitrogens is 2. The third kappa shape index (κ3) is 4.63. The van der Waals surface area contributed by atoms with E-state index in [9.17, 15) is 0 Å². The monoisotopic (exact) mass is 294 g/mol. The van der Waals surface area contributed by atoms with Crippen molar-refractivity contribution in [1.29, 1.82) is 0 Å². The molecule has 112 valence electrons. The summed E-state index contributed by atoms with van der Waals surface area (Å²) in [5.74, 6) is 2.19. The number of nitrogens with one attached hydrogen (secondary N) is 1. The molecule has 1 aliphatic heterocycles. The van der Waals surface area contributed by atoms with Crippen LogP contribution in [0.1, 0.15) is 39.3 Å². The Balaban J connectivity index is 1.99. The number of rotatable bonds is 5. The van der Waals surface area contributed by atoms with Gasteiger partial charge in [0.15, 0.2) is 0 Å². The molecule has 2 heterocycles. The first-order valence-corrected chi connectivity index (χ1v) is 8.50. The Labute approximate surface area is 126 Å². The Morgan fingerprint density at radius 1 is 1.35 bits per heavy atom. The summed E-state index contributed by atoms with van der Waals surface area (Å²) in [4.78, 5) is 11.5. The maximum absolute atomic E-state index is 4.75. The lowest BCUT2D eigenvalue weighted by atomic mass is 10.1. The van der Waals surface area contributed by atoms with Crippen LogP contribution in [0.2, 0.25) is 0 Å². The number of hydrogen-bond acceptors (Lipinski definition) is 5. The van der Waals surface area contributed by atoms with Crippen LogP contribution in [0.4, 0.5) is 5.82 Å². The standard InChI is InChI=1S/C15H26N4S/c1-4-6-16-10-13-11-17-12-14(18-13)19-7-5-15(2,3)20-9-8-19/h11-12,16H,4-10H2,1-3H3. The van der Waals surface area contributed by atoms with Gasteiger partial charge in [0.2, 0.25) is 0 Å².